The molecule has 0 bridgehead atoms. The minimum atomic E-state index is -1.12. The van der Waals surface area contributed by atoms with E-state index in [1.807, 2.05) is 18.2 Å². The number of anilines is 1. The molecule has 2 saturated heterocycles. The van der Waals surface area contributed by atoms with Crippen LogP contribution in [0.4, 0.5) is 15.8 Å². The molecule has 3 heterocycles. The second-order valence-electron chi connectivity index (χ2n) is 8.85. The number of carbonyl (C=O) groups excluding carboxylic acids is 3. The molecule has 3 aromatic carbocycles. The maximum Gasteiger partial charge on any atom is 0.271 e. The summed E-state index contributed by atoms with van der Waals surface area (Å²) in [6, 6.07) is 15.7. The molecule has 2 amide bonds. The Hall–Kier alpha value is -4.73. The van der Waals surface area contributed by atoms with Gasteiger partial charge in [0.15, 0.2) is 5.78 Å². The van der Waals surface area contributed by atoms with Crippen molar-refractivity contribution in [3.8, 4) is 0 Å². The summed E-state index contributed by atoms with van der Waals surface area (Å²) in [5.74, 6) is -4.18. The summed E-state index contributed by atoms with van der Waals surface area (Å²) in [6.45, 7) is 0. The summed E-state index contributed by atoms with van der Waals surface area (Å²) in [5.41, 5.74) is 1.50. The Bertz CT molecular complexity index is 1490. The molecule has 0 saturated carbocycles. The third-order valence-corrected chi connectivity index (χ3v) is 6.99. The zero-order valence-corrected chi connectivity index (χ0v) is 18.5. The highest BCUT2D eigenvalue weighted by atomic mass is 19.1. The van der Waals surface area contributed by atoms with Gasteiger partial charge in [-0.2, -0.15) is 5.10 Å². The van der Waals surface area contributed by atoms with E-state index in [1.54, 1.807) is 12.3 Å². The number of amides is 2. The Morgan fingerprint density at radius 3 is 2.42 bits per heavy atom. The summed E-state index contributed by atoms with van der Waals surface area (Å²) in [6.07, 6.45) is 1.59. The maximum absolute atomic E-state index is 13.8. The lowest BCUT2D eigenvalue weighted by Gasteiger charge is -2.33. The molecule has 3 aliphatic rings. The molecule has 4 atom stereocenters. The van der Waals surface area contributed by atoms with E-state index in [1.165, 1.54) is 41.4 Å². The number of nitro benzene ring substituents is 1. The average molecular weight is 484 g/mol. The Labute approximate surface area is 203 Å². The molecule has 2 fully saturated rings. The molecule has 6 rings (SSSR count). The van der Waals surface area contributed by atoms with Crippen molar-refractivity contribution in [2.75, 3.05) is 4.90 Å². The number of nitro groups is 1. The molecule has 0 N–H and O–H groups in total. The number of carbonyl (C=O) groups is 3. The van der Waals surface area contributed by atoms with Crippen molar-refractivity contribution in [3.05, 3.63) is 105 Å². The zero-order chi connectivity index (χ0) is 25.1. The molecule has 0 spiro atoms. The zero-order valence-electron chi connectivity index (χ0n) is 18.5. The number of imide groups is 1. The van der Waals surface area contributed by atoms with Crippen LogP contribution >= 0.6 is 0 Å². The number of rotatable bonds is 4. The highest BCUT2D eigenvalue weighted by Gasteiger charge is 2.65. The lowest BCUT2D eigenvalue weighted by Crippen LogP contribution is -2.44. The molecule has 36 heavy (non-hydrogen) atoms. The first-order valence-corrected chi connectivity index (χ1v) is 11.2. The minimum absolute atomic E-state index is 0.0701. The van der Waals surface area contributed by atoms with Crippen molar-refractivity contribution < 1.29 is 23.7 Å². The number of non-ortho nitro benzene ring substituents is 1. The van der Waals surface area contributed by atoms with Gasteiger partial charge < -0.3 is 0 Å². The monoisotopic (exact) mass is 484 g/mol. The van der Waals surface area contributed by atoms with Crippen molar-refractivity contribution >= 4 is 35.2 Å². The van der Waals surface area contributed by atoms with Gasteiger partial charge in [-0.3, -0.25) is 29.5 Å². The number of hydrogen-bond donors (Lipinski definition) is 0. The van der Waals surface area contributed by atoms with Gasteiger partial charge in [-0.1, -0.05) is 30.3 Å². The molecular formula is C26H17FN4O5. The first-order valence-electron chi connectivity index (χ1n) is 11.2. The number of halogens is 1. The van der Waals surface area contributed by atoms with Crippen LogP contribution in [-0.2, 0) is 9.59 Å². The van der Waals surface area contributed by atoms with Gasteiger partial charge in [0.1, 0.15) is 11.9 Å². The van der Waals surface area contributed by atoms with Gasteiger partial charge in [0, 0.05) is 17.7 Å². The fraction of sp³-hybridized carbons (Fsp3) is 0.154. The Kier molecular flexibility index (Phi) is 4.78. The van der Waals surface area contributed by atoms with Crippen molar-refractivity contribution in [2.24, 2.45) is 16.9 Å². The van der Waals surface area contributed by atoms with Crippen molar-refractivity contribution in [3.63, 3.8) is 0 Å². The molecule has 3 aromatic rings. The molecule has 178 valence electrons. The second kappa shape index (κ2) is 7.91. The summed E-state index contributed by atoms with van der Waals surface area (Å²) in [5, 5.41) is 17.3. The quantitative estimate of drug-likeness (QED) is 0.242. The third kappa shape index (κ3) is 3.07. The van der Waals surface area contributed by atoms with E-state index in [9.17, 15) is 28.9 Å². The summed E-state index contributed by atoms with van der Waals surface area (Å²) in [4.78, 5) is 52.9. The average Bonchev–Trinajstić information content (AvgIpc) is 3.36. The van der Waals surface area contributed by atoms with Crippen LogP contribution in [0.5, 0.6) is 0 Å². The molecule has 0 aromatic heterocycles. The van der Waals surface area contributed by atoms with Crippen LogP contribution in [0, 0.1) is 27.8 Å². The van der Waals surface area contributed by atoms with Gasteiger partial charge in [0.25, 0.3) is 5.69 Å². The summed E-state index contributed by atoms with van der Waals surface area (Å²) >= 11 is 0. The van der Waals surface area contributed by atoms with Gasteiger partial charge in [0.2, 0.25) is 11.8 Å². The van der Waals surface area contributed by atoms with Crippen molar-refractivity contribution in [2.45, 2.75) is 12.1 Å². The van der Waals surface area contributed by atoms with E-state index in [0.717, 1.165) is 28.2 Å². The SMILES string of the molecule is O=C(c1ccc(F)cc1)[C@@H]1[C@@H]2C(=O)N(c3cccc([N+](=O)[O-])c3)C(=O)[C@H]2[C@@H]2c3ccccc3C=NN12. The Morgan fingerprint density at radius 1 is 0.944 bits per heavy atom. The predicted molar refractivity (Wildman–Crippen MR) is 126 cm³/mol. The van der Waals surface area contributed by atoms with Crippen molar-refractivity contribution in [1.82, 2.24) is 5.01 Å². The van der Waals surface area contributed by atoms with Crippen LogP contribution in [0.1, 0.15) is 27.5 Å². The highest BCUT2D eigenvalue weighted by molar-refractivity contribution is 6.24. The second-order valence-corrected chi connectivity index (χ2v) is 8.85. The van der Waals surface area contributed by atoms with E-state index < -0.39 is 52.3 Å². The predicted octanol–water partition coefficient (Wildman–Crippen LogP) is 3.50. The number of nitrogens with zero attached hydrogens (tertiary/aromatic N) is 4. The molecule has 3 aliphatic heterocycles. The first kappa shape index (κ1) is 21.8. The first-order chi connectivity index (χ1) is 17.4. The van der Waals surface area contributed by atoms with E-state index in [4.69, 9.17) is 0 Å². The third-order valence-electron chi connectivity index (χ3n) is 6.99. The largest absolute Gasteiger partial charge is 0.292 e. The van der Waals surface area contributed by atoms with E-state index >= 15 is 0 Å². The van der Waals surface area contributed by atoms with Gasteiger partial charge in [0.05, 0.1) is 34.7 Å². The van der Waals surface area contributed by atoms with Crippen LogP contribution in [0.3, 0.4) is 0 Å². The molecule has 0 aliphatic carbocycles. The van der Waals surface area contributed by atoms with Gasteiger partial charge in [-0.15, -0.1) is 0 Å². The minimum Gasteiger partial charge on any atom is -0.292 e. The van der Waals surface area contributed by atoms with Crippen LogP contribution in [-0.4, -0.2) is 39.8 Å². The van der Waals surface area contributed by atoms with Crippen molar-refractivity contribution in [1.29, 1.82) is 0 Å². The number of fused-ring (bicyclic) bond motifs is 5. The molecule has 0 unspecified atom stereocenters. The normalized spacial score (nSPS) is 23.9. The maximum atomic E-state index is 13.8. The lowest BCUT2D eigenvalue weighted by atomic mass is 9.83. The van der Waals surface area contributed by atoms with Gasteiger partial charge in [-0.25, -0.2) is 9.29 Å². The Morgan fingerprint density at radius 2 is 1.67 bits per heavy atom. The standard InChI is InChI=1S/C26H17FN4O5/c27-16-10-8-14(9-11-16)24(32)23-21-20(22-19-7-2-1-4-15(19)13-28-30(22)23)25(33)29(26(21)34)17-5-3-6-18(12-17)31(35)36/h1-13,20-23H/t20-,21-,22+,23+/m1/s1. The van der Waals surface area contributed by atoms with E-state index in [2.05, 4.69) is 5.10 Å². The topological polar surface area (TPSA) is 113 Å². The Balaban J connectivity index is 1.49. The smallest absolute Gasteiger partial charge is 0.271 e. The van der Waals surface area contributed by atoms with Crippen LogP contribution < -0.4 is 4.90 Å². The van der Waals surface area contributed by atoms with Gasteiger partial charge in [-0.05, 0) is 41.5 Å². The fourth-order valence-corrected chi connectivity index (χ4v) is 5.45. The summed E-state index contributed by atoms with van der Waals surface area (Å²) < 4.78 is 13.5. The number of Topliss-reactive ketones (excluding diaryl/α,β-unsaturated/α-hetero) is 1. The number of hydrogen-bond acceptors (Lipinski definition) is 7. The van der Waals surface area contributed by atoms with Gasteiger partial charge >= 0.3 is 0 Å². The number of hydrazone groups is 1. The fourth-order valence-electron chi connectivity index (χ4n) is 5.45. The highest BCUT2D eigenvalue weighted by Crippen LogP contribution is 2.53. The van der Waals surface area contributed by atoms with Crippen LogP contribution in [0.25, 0.3) is 0 Å². The molecule has 10 heteroatoms. The number of benzene rings is 3. The molecule has 9 nitrogen and oxygen atoms in total. The van der Waals surface area contributed by atoms with E-state index in [0.29, 0.717) is 0 Å². The van der Waals surface area contributed by atoms with Crippen LogP contribution in [0.15, 0.2) is 77.9 Å². The molecular weight excluding hydrogens is 467 g/mol. The lowest BCUT2D eigenvalue weighted by molar-refractivity contribution is -0.384. The summed E-state index contributed by atoms with van der Waals surface area (Å²) in [7, 11) is 0. The van der Waals surface area contributed by atoms with E-state index in [-0.39, 0.29) is 16.9 Å². The van der Waals surface area contributed by atoms with Crippen LogP contribution in [0.2, 0.25) is 0 Å². The molecule has 0 radical (unpaired) electrons. The number of ketones is 1.